The van der Waals surface area contributed by atoms with Crippen molar-refractivity contribution in [2.45, 2.75) is 33.2 Å². The van der Waals surface area contributed by atoms with E-state index in [4.69, 9.17) is 9.15 Å². The van der Waals surface area contributed by atoms with E-state index in [1.165, 1.54) is 4.57 Å². The first-order valence-electron chi connectivity index (χ1n) is 8.96. The Kier molecular flexibility index (Phi) is 5.44. The molecule has 2 heterocycles. The van der Waals surface area contributed by atoms with Gasteiger partial charge in [-0.05, 0) is 30.4 Å². The summed E-state index contributed by atoms with van der Waals surface area (Å²) in [6.07, 6.45) is 1.11. The lowest BCUT2D eigenvalue weighted by Gasteiger charge is -2.34. The fourth-order valence-electron chi connectivity index (χ4n) is 3.60. The summed E-state index contributed by atoms with van der Waals surface area (Å²) in [5.74, 6) is -0.262. The molecule has 0 bridgehead atoms. The van der Waals surface area contributed by atoms with Gasteiger partial charge in [0.2, 0.25) is 0 Å². The Labute approximate surface area is 151 Å². The zero-order valence-corrected chi connectivity index (χ0v) is 15.1. The van der Waals surface area contributed by atoms with Crippen molar-refractivity contribution in [1.29, 1.82) is 0 Å². The van der Waals surface area contributed by atoms with Gasteiger partial charge >= 0.3 is 11.7 Å². The molecule has 140 valence electrons. The highest BCUT2D eigenvalue weighted by Crippen LogP contribution is 2.21. The van der Waals surface area contributed by atoms with Gasteiger partial charge in [0.1, 0.15) is 0 Å². The van der Waals surface area contributed by atoms with Crippen molar-refractivity contribution in [2.24, 2.45) is 11.8 Å². The Morgan fingerprint density at radius 2 is 1.88 bits per heavy atom. The Balaban J connectivity index is 1.50. The fraction of sp³-hybridized carbons (Fsp3) is 0.526. The first-order chi connectivity index (χ1) is 12.4. The van der Waals surface area contributed by atoms with E-state index < -0.39 is 11.7 Å². The molecule has 2 atom stereocenters. The molecule has 0 radical (unpaired) electrons. The molecule has 7 heteroatoms. The van der Waals surface area contributed by atoms with Crippen LogP contribution >= 0.6 is 0 Å². The normalized spacial score (nSPS) is 20.3. The van der Waals surface area contributed by atoms with Gasteiger partial charge in [-0.25, -0.2) is 4.79 Å². The fourth-order valence-corrected chi connectivity index (χ4v) is 3.60. The van der Waals surface area contributed by atoms with Crippen LogP contribution in [0.4, 0.5) is 0 Å². The number of aromatic nitrogens is 1. The van der Waals surface area contributed by atoms with Gasteiger partial charge in [0.05, 0.1) is 11.9 Å². The number of carbonyl (C=O) groups is 2. The van der Waals surface area contributed by atoms with Crippen LogP contribution in [0.5, 0.6) is 0 Å². The van der Waals surface area contributed by atoms with E-state index >= 15 is 0 Å². The molecule has 0 saturated carbocycles. The number of hydrogen-bond acceptors (Lipinski definition) is 5. The van der Waals surface area contributed by atoms with Crippen molar-refractivity contribution < 1.29 is 18.7 Å². The summed E-state index contributed by atoms with van der Waals surface area (Å²) in [5.41, 5.74) is 1.12. The van der Waals surface area contributed by atoms with Gasteiger partial charge in [-0.1, -0.05) is 26.0 Å². The summed E-state index contributed by atoms with van der Waals surface area (Å²) < 4.78 is 11.6. The summed E-state index contributed by atoms with van der Waals surface area (Å²) in [7, 11) is 0. The smallest absolute Gasteiger partial charge is 0.419 e. The molecule has 0 aliphatic carbocycles. The van der Waals surface area contributed by atoms with Gasteiger partial charge in [-0.15, -0.1) is 0 Å². The lowest BCUT2D eigenvalue weighted by Crippen LogP contribution is -2.44. The maximum Gasteiger partial charge on any atom is 0.419 e. The van der Waals surface area contributed by atoms with Crippen LogP contribution in [0.15, 0.2) is 33.5 Å². The molecule has 1 aliphatic heterocycles. The maximum absolute atomic E-state index is 12.2. The van der Waals surface area contributed by atoms with Crippen molar-refractivity contribution in [3.05, 3.63) is 34.8 Å². The van der Waals surface area contributed by atoms with Gasteiger partial charge in [0.25, 0.3) is 5.91 Å². The van der Waals surface area contributed by atoms with Gasteiger partial charge in [-0.2, -0.15) is 0 Å². The lowest BCUT2D eigenvalue weighted by molar-refractivity contribution is -0.153. The highest BCUT2D eigenvalue weighted by atomic mass is 16.5. The number of oxazole rings is 1. The predicted molar refractivity (Wildman–Crippen MR) is 95.6 cm³/mol. The molecule has 0 spiro atoms. The minimum Gasteiger partial charge on any atom is -0.456 e. The van der Waals surface area contributed by atoms with E-state index in [9.17, 15) is 14.4 Å². The number of fused-ring (bicyclic) bond motifs is 1. The molecule has 1 amide bonds. The van der Waals surface area contributed by atoms with Crippen molar-refractivity contribution in [1.82, 2.24) is 9.47 Å². The number of amides is 1. The number of aryl methyl sites for hydroxylation is 1. The molecule has 0 N–H and O–H groups in total. The zero-order chi connectivity index (χ0) is 18.7. The number of ether oxygens (including phenoxy) is 1. The molecule has 1 aliphatic rings. The van der Waals surface area contributed by atoms with Gasteiger partial charge in [-0.3, -0.25) is 14.2 Å². The van der Waals surface area contributed by atoms with Crippen LogP contribution in [0.2, 0.25) is 0 Å². The van der Waals surface area contributed by atoms with Crippen LogP contribution in [0.1, 0.15) is 26.7 Å². The number of carbonyl (C=O) groups excluding carboxylic acids is 2. The summed E-state index contributed by atoms with van der Waals surface area (Å²) in [5, 5.41) is 0. The highest BCUT2D eigenvalue weighted by Gasteiger charge is 2.25. The quantitative estimate of drug-likeness (QED) is 0.762. The minimum atomic E-state index is -0.508. The molecule has 0 unspecified atom stereocenters. The first-order valence-corrected chi connectivity index (χ1v) is 8.96. The molecule has 26 heavy (non-hydrogen) atoms. The second kappa shape index (κ2) is 7.76. The third-order valence-electron chi connectivity index (χ3n) is 4.69. The van der Waals surface area contributed by atoms with Crippen molar-refractivity contribution >= 4 is 23.0 Å². The molecular formula is C19H24N2O5. The molecular weight excluding hydrogens is 336 g/mol. The summed E-state index contributed by atoms with van der Waals surface area (Å²) in [4.78, 5) is 37.8. The number of nitrogens with zero attached hydrogens (tertiary/aromatic N) is 2. The average Bonchev–Trinajstić information content (AvgIpc) is 2.92. The Hall–Kier alpha value is -2.57. The second-order valence-electron chi connectivity index (χ2n) is 7.14. The van der Waals surface area contributed by atoms with E-state index in [2.05, 4.69) is 13.8 Å². The van der Waals surface area contributed by atoms with E-state index in [-0.39, 0.29) is 25.5 Å². The number of para-hydroxylation sites is 2. The van der Waals surface area contributed by atoms with E-state index in [1.54, 1.807) is 29.2 Å². The average molecular weight is 360 g/mol. The zero-order valence-electron chi connectivity index (χ0n) is 15.1. The lowest BCUT2D eigenvalue weighted by atomic mass is 9.92. The number of piperidine rings is 1. The van der Waals surface area contributed by atoms with Crippen LogP contribution in [0, 0.1) is 11.8 Å². The number of likely N-dealkylation sites (tertiary alicyclic amines) is 1. The molecule has 1 aromatic heterocycles. The SMILES string of the molecule is C[C@@H]1C[C@H](C)CN(C(=O)COC(=O)CCn2c(=O)oc3ccccc32)C1. The van der Waals surface area contributed by atoms with Crippen LogP contribution in [-0.2, 0) is 20.9 Å². The number of rotatable bonds is 5. The van der Waals surface area contributed by atoms with Gasteiger partial charge in [0, 0.05) is 19.6 Å². The number of benzene rings is 1. The van der Waals surface area contributed by atoms with Gasteiger partial charge in [0.15, 0.2) is 12.2 Å². The molecule has 7 nitrogen and oxygen atoms in total. The molecule has 3 rings (SSSR count). The Morgan fingerprint density at radius 1 is 1.19 bits per heavy atom. The third kappa shape index (κ3) is 4.15. The summed E-state index contributed by atoms with van der Waals surface area (Å²) >= 11 is 0. The molecule has 1 saturated heterocycles. The Morgan fingerprint density at radius 3 is 2.62 bits per heavy atom. The van der Waals surface area contributed by atoms with E-state index in [1.807, 2.05) is 0 Å². The first kappa shape index (κ1) is 18.2. The predicted octanol–water partition coefficient (Wildman–Crippen LogP) is 2.03. The van der Waals surface area contributed by atoms with Crippen LogP contribution in [0.3, 0.4) is 0 Å². The monoisotopic (exact) mass is 360 g/mol. The minimum absolute atomic E-state index is 0.00349. The molecule has 2 aromatic rings. The Bertz CT molecular complexity index is 843. The van der Waals surface area contributed by atoms with Crippen molar-refractivity contribution in [2.75, 3.05) is 19.7 Å². The van der Waals surface area contributed by atoms with E-state index in [0.717, 1.165) is 6.42 Å². The highest BCUT2D eigenvalue weighted by molar-refractivity contribution is 5.81. The molecule has 1 aromatic carbocycles. The molecule has 1 fully saturated rings. The largest absolute Gasteiger partial charge is 0.456 e. The van der Waals surface area contributed by atoms with Crippen LogP contribution in [-0.4, -0.2) is 41.0 Å². The van der Waals surface area contributed by atoms with Crippen molar-refractivity contribution in [3.8, 4) is 0 Å². The summed E-state index contributed by atoms with van der Waals surface area (Å²) in [6, 6.07) is 7.03. The maximum atomic E-state index is 12.2. The van der Waals surface area contributed by atoms with Crippen LogP contribution in [0.25, 0.3) is 11.1 Å². The second-order valence-corrected chi connectivity index (χ2v) is 7.14. The van der Waals surface area contributed by atoms with Crippen LogP contribution < -0.4 is 5.76 Å². The third-order valence-corrected chi connectivity index (χ3v) is 4.69. The summed E-state index contributed by atoms with van der Waals surface area (Å²) in [6.45, 7) is 5.55. The topological polar surface area (TPSA) is 81.8 Å². The number of hydrogen-bond donors (Lipinski definition) is 0. The van der Waals surface area contributed by atoms with E-state index in [0.29, 0.717) is 36.0 Å². The van der Waals surface area contributed by atoms with Gasteiger partial charge < -0.3 is 14.1 Å². The van der Waals surface area contributed by atoms with Crippen molar-refractivity contribution in [3.63, 3.8) is 0 Å². The number of esters is 1. The standard InChI is InChI=1S/C19H24N2O5/c1-13-9-14(2)11-20(10-13)17(22)12-25-18(23)7-8-21-15-5-3-4-6-16(15)26-19(21)24/h3-6,13-14H,7-12H2,1-2H3/t13-,14+.